The van der Waals surface area contributed by atoms with E-state index in [4.69, 9.17) is 30.6 Å². The highest BCUT2D eigenvalue weighted by atomic mass is 35.5. The van der Waals surface area contributed by atoms with Crippen LogP contribution in [0.4, 0.5) is 4.79 Å². The predicted octanol–water partition coefficient (Wildman–Crippen LogP) is 5.63. The molecule has 0 aliphatic carbocycles. The summed E-state index contributed by atoms with van der Waals surface area (Å²) < 4.78 is 21.5. The normalized spacial score (nSPS) is 14.1. The summed E-state index contributed by atoms with van der Waals surface area (Å²) in [5, 5.41) is 8.78. The number of carboxylic acid groups (broad SMARTS) is 1. The standard InChI is InChI=1S/C27H22ClNO9S/c1-3-36-21-11-16(10-19(28)23(21)37-14-15-4-6-17(7-5-15)25(31)32)12-22-24(30)29(27(34)39-22)13-18-8-9-20(38-18)26(33)35-2/h4-12H,3,13-14H2,1-2H3,(H,31,32)/b22-12+. The summed E-state index contributed by atoms with van der Waals surface area (Å²) in [5.41, 5.74) is 1.40. The van der Waals surface area contributed by atoms with Crippen LogP contribution >= 0.6 is 23.4 Å². The zero-order valence-electron chi connectivity index (χ0n) is 20.8. The van der Waals surface area contributed by atoms with Crippen LogP contribution in [-0.4, -0.2) is 46.8 Å². The van der Waals surface area contributed by atoms with Crippen molar-refractivity contribution in [1.29, 1.82) is 0 Å². The fourth-order valence-corrected chi connectivity index (χ4v) is 4.70. The summed E-state index contributed by atoms with van der Waals surface area (Å²) in [6, 6.07) is 12.4. The molecule has 1 saturated heterocycles. The lowest BCUT2D eigenvalue weighted by atomic mass is 10.1. The highest BCUT2D eigenvalue weighted by molar-refractivity contribution is 8.18. The molecule has 1 aliphatic heterocycles. The van der Waals surface area contributed by atoms with E-state index in [0.29, 0.717) is 17.9 Å². The molecule has 3 aromatic rings. The quantitative estimate of drug-likeness (QED) is 0.241. The zero-order chi connectivity index (χ0) is 28.1. The molecule has 0 bridgehead atoms. The second kappa shape index (κ2) is 12.1. The zero-order valence-corrected chi connectivity index (χ0v) is 22.3. The molecule has 1 N–H and O–H groups in total. The molecule has 2 heterocycles. The maximum atomic E-state index is 13.0. The average molecular weight is 572 g/mol. The lowest BCUT2D eigenvalue weighted by Gasteiger charge is -2.15. The number of rotatable bonds is 10. The second-order valence-corrected chi connectivity index (χ2v) is 9.48. The van der Waals surface area contributed by atoms with E-state index in [0.717, 1.165) is 22.2 Å². The van der Waals surface area contributed by atoms with Crippen molar-refractivity contribution in [2.75, 3.05) is 13.7 Å². The number of nitrogens with zero attached hydrogens (tertiary/aromatic N) is 1. The third kappa shape index (κ3) is 6.44. The van der Waals surface area contributed by atoms with E-state index in [-0.39, 0.29) is 45.9 Å². The number of ether oxygens (including phenoxy) is 3. The molecular weight excluding hydrogens is 550 g/mol. The second-order valence-electron chi connectivity index (χ2n) is 8.08. The minimum absolute atomic E-state index is 0.0345. The molecule has 0 atom stereocenters. The van der Waals surface area contributed by atoms with E-state index in [1.807, 2.05) is 0 Å². The molecule has 1 fully saturated rings. The smallest absolute Gasteiger partial charge is 0.373 e. The van der Waals surface area contributed by atoms with Gasteiger partial charge in [-0.1, -0.05) is 23.7 Å². The van der Waals surface area contributed by atoms with Crippen LogP contribution < -0.4 is 9.47 Å². The number of methoxy groups -OCH3 is 1. The van der Waals surface area contributed by atoms with Crippen LogP contribution in [0.1, 0.15) is 44.7 Å². The van der Waals surface area contributed by atoms with Crippen molar-refractivity contribution in [2.45, 2.75) is 20.1 Å². The number of amides is 2. The molecule has 202 valence electrons. The number of carboxylic acids is 1. The van der Waals surface area contributed by atoms with Crippen molar-refractivity contribution < 1.29 is 42.9 Å². The Morgan fingerprint density at radius 1 is 1.10 bits per heavy atom. The maximum Gasteiger partial charge on any atom is 0.373 e. The Balaban J connectivity index is 1.51. The molecule has 0 saturated carbocycles. The first kappa shape index (κ1) is 27.8. The molecule has 0 unspecified atom stereocenters. The van der Waals surface area contributed by atoms with Gasteiger partial charge in [0.2, 0.25) is 5.76 Å². The Bertz CT molecular complexity index is 1460. The number of halogens is 1. The van der Waals surface area contributed by atoms with Crippen molar-refractivity contribution in [3.8, 4) is 11.5 Å². The van der Waals surface area contributed by atoms with Crippen LogP contribution in [0.3, 0.4) is 0 Å². The molecule has 12 heteroatoms. The number of carbonyl (C=O) groups is 4. The van der Waals surface area contributed by atoms with E-state index < -0.39 is 23.1 Å². The average Bonchev–Trinajstić information content (AvgIpc) is 3.48. The number of carbonyl (C=O) groups excluding carboxylic acids is 3. The number of benzene rings is 2. The van der Waals surface area contributed by atoms with Crippen LogP contribution in [0.25, 0.3) is 6.08 Å². The highest BCUT2D eigenvalue weighted by Gasteiger charge is 2.36. The van der Waals surface area contributed by atoms with Crippen LogP contribution in [0, 0.1) is 0 Å². The summed E-state index contributed by atoms with van der Waals surface area (Å²) in [6.45, 7) is 2.07. The van der Waals surface area contributed by atoms with Gasteiger partial charge in [0.05, 0.1) is 35.8 Å². The van der Waals surface area contributed by atoms with Gasteiger partial charge < -0.3 is 23.7 Å². The van der Waals surface area contributed by atoms with Gasteiger partial charge in [-0.05, 0) is 72.3 Å². The Kier molecular flexibility index (Phi) is 8.62. The number of furan rings is 1. The van der Waals surface area contributed by atoms with Gasteiger partial charge in [-0.3, -0.25) is 14.5 Å². The lowest BCUT2D eigenvalue weighted by molar-refractivity contribution is -0.123. The van der Waals surface area contributed by atoms with Gasteiger partial charge in [0, 0.05) is 0 Å². The molecule has 0 radical (unpaired) electrons. The molecule has 39 heavy (non-hydrogen) atoms. The molecule has 0 spiro atoms. The van der Waals surface area contributed by atoms with Crippen molar-refractivity contribution in [2.24, 2.45) is 0 Å². The minimum Gasteiger partial charge on any atom is -0.490 e. The summed E-state index contributed by atoms with van der Waals surface area (Å²) in [4.78, 5) is 49.3. The van der Waals surface area contributed by atoms with E-state index in [9.17, 15) is 19.2 Å². The van der Waals surface area contributed by atoms with Gasteiger partial charge in [-0.15, -0.1) is 0 Å². The number of aromatic carboxylic acids is 1. The molecule has 4 rings (SSSR count). The summed E-state index contributed by atoms with van der Waals surface area (Å²) in [6.07, 6.45) is 1.52. The first-order valence-electron chi connectivity index (χ1n) is 11.5. The fourth-order valence-electron chi connectivity index (χ4n) is 3.59. The number of esters is 1. The van der Waals surface area contributed by atoms with Crippen LogP contribution in [-0.2, 0) is 22.7 Å². The molecule has 1 aromatic heterocycles. The van der Waals surface area contributed by atoms with E-state index in [1.165, 1.54) is 37.5 Å². The summed E-state index contributed by atoms with van der Waals surface area (Å²) in [5.74, 6) is -1.38. The van der Waals surface area contributed by atoms with Gasteiger partial charge in [0.1, 0.15) is 12.4 Å². The first-order chi connectivity index (χ1) is 18.7. The van der Waals surface area contributed by atoms with Gasteiger partial charge in [0.15, 0.2) is 11.5 Å². The topological polar surface area (TPSA) is 133 Å². The SMILES string of the molecule is CCOc1cc(/C=C2/SC(=O)N(Cc3ccc(C(=O)OC)o3)C2=O)cc(Cl)c1OCc1ccc(C(=O)O)cc1. The Morgan fingerprint density at radius 2 is 1.85 bits per heavy atom. The van der Waals surface area contributed by atoms with Gasteiger partial charge in [-0.2, -0.15) is 0 Å². The van der Waals surface area contributed by atoms with E-state index in [2.05, 4.69) is 4.74 Å². The molecular formula is C27H22ClNO9S. The monoisotopic (exact) mass is 571 g/mol. The number of imide groups is 1. The molecule has 1 aliphatic rings. The Morgan fingerprint density at radius 3 is 2.51 bits per heavy atom. The number of hydrogen-bond acceptors (Lipinski definition) is 9. The summed E-state index contributed by atoms with van der Waals surface area (Å²) in [7, 11) is 1.22. The van der Waals surface area contributed by atoms with Crippen molar-refractivity contribution in [3.05, 3.63) is 86.7 Å². The third-order valence-electron chi connectivity index (χ3n) is 5.45. The van der Waals surface area contributed by atoms with Crippen LogP contribution in [0.15, 0.2) is 57.9 Å². The van der Waals surface area contributed by atoms with E-state index >= 15 is 0 Å². The predicted molar refractivity (Wildman–Crippen MR) is 142 cm³/mol. The van der Waals surface area contributed by atoms with E-state index in [1.54, 1.807) is 31.2 Å². The summed E-state index contributed by atoms with van der Waals surface area (Å²) >= 11 is 7.26. The van der Waals surface area contributed by atoms with Gasteiger partial charge in [-0.25, -0.2) is 9.59 Å². The minimum atomic E-state index is -1.02. The van der Waals surface area contributed by atoms with Crippen molar-refractivity contribution in [3.63, 3.8) is 0 Å². The van der Waals surface area contributed by atoms with Gasteiger partial charge >= 0.3 is 11.9 Å². The maximum absolute atomic E-state index is 13.0. The molecule has 10 nitrogen and oxygen atoms in total. The highest BCUT2D eigenvalue weighted by Crippen LogP contribution is 2.40. The van der Waals surface area contributed by atoms with Crippen LogP contribution in [0.2, 0.25) is 5.02 Å². The lowest BCUT2D eigenvalue weighted by Crippen LogP contribution is -2.27. The van der Waals surface area contributed by atoms with Crippen molar-refractivity contribution in [1.82, 2.24) is 4.90 Å². The van der Waals surface area contributed by atoms with Crippen LogP contribution in [0.5, 0.6) is 11.5 Å². The Hall–Kier alpha value is -4.22. The van der Waals surface area contributed by atoms with Crippen molar-refractivity contribution >= 4 is 52.5 Å². The Labute approximate surface area is 232 Å². The fraction of sp³-hybridized carbons (Fsp3) is 0.185. The molecule has 2 amide bonds. The largest absolute Gasteiger partial charge is 0.490 e. The first-order valence-corrected chi connectivity index (χ1v) is 12.7. The number of hydrogen-bond donors (Lipinski definition) is 1. The third-order valence-corrected chi connectivity index (χ3v) is 6.64. The van der Waals surface area contributed by atoms with Gasteiger partial charge in [0.25, 0.3) is 11.1 Å². The number of thioether (sulfide) groups is 1. The molecule has 2 aromatic carbocycles.